The molecule has 1 aromatic carbocycles. The van der Waals surface area contributed by atoms with Crippen molar-refractivity contribution >= 4 is 15.9 Å². The lowest BCUT2D eigenvalue weighted by Gasteiger charge is -2.01. The first-order valence-electron chi connectivity index (χ1n) is 3.39. The molecule has 3 heteroatoms. The van der Waals surface area contributed by atoms with E-state index >= 15 is 0 Å². The largest absolute Gasteiger partial charge is 0.207 e. The smallest absolute Gasteiger partial charge is 0.130 e. The molecule has 0 bridgehead atoms. The van der Waals surface area contributed by atoms with Gasteiger partial charge in [-0.3, -0.25) is 0 Å². The number of hydrogen-bond donors (Lipinski definition) is 0. The van der Waals surface area contributed by atoms with E-state index in [9.17, 15) is 8.78 Å². The maximum Gasteiger partial charge on any atom is 0.130 e. The van der Waals surface area contributed by atoms with Crippen LogP contribution in [0.1, 0.15) is 5.56 Å². The molecule has 0 amide bonds. The van der Waals surface area contributed by atoms with Crippen LogP contribution in [0.15, 0.2) is 29.3 Å². The third kappa shape index (κ3) is 1.91. The fourth-order valence-electron chi connectivity index (χ4n) is 0.911. The number of rotatable bonds is 2. The van der Waals surface area contributed by atoms with Crippen molar-refractivity contribution in [3.8, 4) is 0 Å². The Kier molecular flexibility index (Phi) is 2.98. The Morgan fingerprint density at radius 1 is 1.33 bits per heavy atom. The Labute approximate surface area is 78.0 Å². The molecular weight excluding hydrogens is 226 g/mol. The second-order valence-corrected chi connectivity index (χ2v) is 3.26. The van der Waals surface area contributed by atoms with Crippen LogP contribution < -0.4 is 0 Å². The quantitative estimate of drug-likeness (QED) is 0.686. The summed E-state index contributed by atoms with van der Waals surface area (Å²) in [5, 5.41) is 0. The number of benzene rings is 1. The normalized spacial score (nSPS) is 9.92. The Balaban J connectivity index is 3.18. The number of halogens is 3. The molecule has 0 aliphatic rings. The van der Waals surface area contributed by atoms with Gasteiger partial charge in [0.2, 0.25) is 0 Å². The van der Waals surface area contributed by atoms with Gasteiger partial charge in [0.25, 0.3) is 0 Å². The van der Waals surface area contributed by atoms with Crippen LogP contribution in [0, 0.1) is 11.6 Å². The van der Waals surface area contributed by atoms with Crippen molar-refractivity contribution in [1.82, 2.24) is 0 Å². The van der Waals surface area contributed by atoms with E-state index in [1.807, 2.05) is 0 Å². The second-order valence-electron chi connectivity index (χ2n) is 2.34. The Morgan fingerprint density at radius 2 is 1.83 bits per heavy atom. The summed E-state index contributed by atoms with van der Waals surface area (Å²) in [7, 11) is 0. The monoisotopic (exact) mass is 232 g/mol. The molecule has 0 N–H and O–H groups in total. The average molecular weight is 233 g/mol. The predicted molar refractivity (Wildman–Crippen MR) is 48.0 cm³/mol. The highest BCUT2D eigenvalue weighted by atomic mass is 79.9. The van der Waals surface area contributed by atoms with Gasteiger partial charge in [-0.05, 0) is 18.6 Å². The molecule has 1 aromatic rings. The highest BCUT2D eigenvalue weighted by molar-refractivity contribution is 9.10. The zero-order chi connectivity index (χ0) is 9.14. The first kappa shape index (κ1) is 9.39. The maximum absolute atomic E-state index is 13.0. The molecule has 0 atom stereocenters. The first-order chi connectivity index (χ1) is 5.65. The summed E-state index contributed by atoms with van der Waals surface area (Å²) in [4.78, 5) is 0. The van der Waals surface area contributed by atoms with Gasteiger partial charge in [-0.2, -0.15) is 0 Å². The van der Waals surface area contributed by atoms with Crippen molar-refractivity contribution in [2.75, 3.05) is 0 Å². The fraction of sp³-hybridized carbons (Fsp3) is 0.111. The van der Waals surface area contributed by atoms with E-state index < -0.39 is 11.6 Å². The first-order valence-corrected chi connectivity index (χ1v) is 4.18. The van der Waals surface area contributed by atoms with Gasteiger partial charge in [0.05, 0.1) is 0 Å². The van der Waals surface area contributed by atoms with E-state index in [-0.39, 0.29) is 12.0 Å². The minimum atomic E-state index is -0.540. The van der Waals surface area contributed by atoms with Crippen molar-refractivity contribution < 1.29 is 8.78 Å². The zero-order valence-electron chi connectivity index (χ0n) is 6.28. The SMILES string of the molecule is C=CCc1c(F)cc(Br)cc1F. The Morgan fingerprint density at radius 3 is 2.25 bits per heavy atom. The molecule has 1 rings (SSSR count). The van der Waals surface area contributed by atoms with Crippen LogP contribution in [0.3, 0.4) is 0 Å². The third-order valence-corrected chi connectivity index (χ3v) is 1.91. The Bertz CT molecular complexity index is 284. The highest BCUT2D eigenvalue weighted by Crippen LogP contribution is 2.19. The molecule has 0 saturated carbocycles. The predicted octanol–water partition coefficient (Wildman–Crippen LogP) is 3.46. The van der Waals surface area contributed by atoms with Crippen molar-refractivity contribution in [2.45, 2.75) is 6.42 Å². The summed E-state index contributed by atoms with van der Waals surface area (Å²) in [5.41, 5.74) is 0.0631. The second kappa shape index (κ2) is 3.81. The lowest BCUT2D eigenvalue weighted by molar-refractivity contribution is 0.561. The van der Waals surface area contributed by atoms with Gasteiger partial charge in [-0.25, -0.2) is 8.78 Å². The van der Waals surface area contributed by atoms with E-state index in [1.54, 1.807) is 0 Å². The number of hydrogen-bond acceptors (Lipinski definition) is 0. The molecule has 0 nitrogen and oxygen atoms in total. The van der Waals surface area contributed by atoms with Crippen LogP contribution in [0.25, 0.3) is 0 Å². The molecule has 0 radical (unpaired) electrons. The van der Waals surface area contributed by atoms with Crippen LogP contribution in [0.4, 0.5) is 8.78 Å². The van der Waals surface area contributed by atoms with Crippen LogP contribution in [-0.2, 0) is 6.42 Å². The number of allylic oxidation sites excluding steroid dienone is 1. The van der Waals surface area contributed by atoms with E-state index in [0.29, 0.717) is 4.47 Å². The van der Waals surface area contributed by atoms with E-state index in [1.165, 1.54) is 18.2 Å². The van der Waals surface area contributed by atoms with Crippen molar-refractivity contribution in [3.05, 3.63) is 46.5 Å². The van der Waals surface area contributed by atoms with Crippen LogP contribution in [-0.4, -0.2) is 0 Å². The molecule has 0 aromatic heterocycles. The zero-order valence-corrected chi connectivity index (χ0v) is 7.87. The molecule has 0 spiro atoms. The minimum absolute atomic E-state index is 0.0631. The topological polar surface area (TPSA) is 0 Å². The van der Waals surface area contributed by atoms with Crippen LogP contribution >= 0.6 is 15.9 Å². The van der Waals surface area contributed by atoms with E-state index in [2.05, 4.69) is 22.5 Å². The molecular formula is C9H7BrF2. The summed E-state index contributed by atoms with van der Waals surface area (Å²) in [5.74, 6) is -1.08. The van der Waals surface area contributed by atoms with Gasteiger partial charge in [0.15, 0.2) is 0 Å². The summed E-state index contributed by atoms with van der Waals surface area (Å²) in [6, 6.07) is 2.48. The lowest BCUT2D eigenvalue weighted by atomic mass is 10.1. The average Bonchev–Trinajstić information content (AvgIpc) is 1.96. The van der Waals surface area contributed by atoms with Gasteiger partial charge in [0.1, 0.15) is 11.6 Å². The van der Waals surface area contributed by atoms with Gasteiger partial charge in [-0.15, -0.1) is 6.58 Å². The summed E-state index contributed by atoms with van der Waals surface area (Å²) < 4.78 is 26.4. The highest BCUT2D eigenvalue weighted by Gasteiger charge is 2.07. The van der Waals surface area contributed by atoms with E-state index in [4.69, 9.17) is 0 Å². The molecule has 0 fully saturated rings. The molecule has 12 heavy (non-hydrogen) atoms. The molecule has 0 heterocycles. The standard InChI is InChI=1S/C9H7BrF2/c1-2-3-7-8(11)4-6(10)5-9(7)12/h2,4-5H,1,3H2. The summed E-state index contributed by atoms with van der Waals surface area (Å²) >= 11 is 2.99. The Hall–Kier alpha value is -0.700. The molecule has 0 aliphatic carbocycles. The van der Waals surface area contributed by atoms with Gasteiger partial charge >= 0.3 is 0 Å². The molecule has 0 unspecified atom stereocenters. The van der Waals surface area contributed by atoms with Crippen LogP contribution in [0.2, 0.25) is 0 Å². The third-order valence-electron chi connectivity index (χ3n) is 1.45. The summed E-state index contributed by atoms with van der Waals surface area (Å²) in [6.07, 6.45) is 1.68. The van der Waals surface area contributed by atoms with Gasteiger partial charge < -0.3 is 0 Å². The minimum Gasteiger partial charge on any atom is -0.207 e. The van der Waals surface area contributed by atoms with E-state index in [0.717, 1.165) is 0 Å². The van der Waals surface area contributed by atoms with Crippen molar-refractivity contribution in [3.63, 3.8) is 0 Å². The molecule has 0 aliphatic heterocycles. The van der Waals surface area contributed by atoms with Gasteiger partial charge in [0, 0.05) is 10.0 Å². The van der Waals surface area contributed by atoms with Crippen LogP contribution in [0.5, 0.6) is 0 Å². The molecule has 0 saturated heterocycles. The fourth-order valence-corrected chi connectivity index (χ4v) is 1.31. The summed E-state index contributed by atoms with van der Waals surface area (Å²) in [6.45, 7) is 3.42. The van der Waals surface area contributed by atoms with Crippen molar-refractivity contribution in [1.29, 1.82) is 0 Å². The lowest BCUT2D eigenvalue weighted by Crippen LogP contribution is -1.93. The maximum atomic E-state index is 13.0. The van der Waals surface area contributed by atoms with Crippen molar-refractivity contribution in [2.24, 2.45) is 0 Å². The van der Waals surface area contributed by atoms with Gasteiger partial charge in [-0.1, -0.05) is 22.0 Å². The molecule has 64 valence electrons.